The number of thioether (sulfide) groups is 1. The van der Waals surface area contributed by atoms with Gasteiger partial charge in [-0.1, -0.05) is 0 Å². The topological polar surface area (TPSA) is 70.5 Å². The van der Waals surface area contributed by atoms with Crippen LogP contribution in [-0.2, 0) is 4.79 Å². The van der Waals surface area contributed by atoms with Crippen molar-refractivity contribution in [3.63, 3.8) is 0 Å². The lowest BCUT2D eigenvalue weighted by Gasteiger charge is -2.13. The van der Waals surface area contributed by atoms with E-state index in [-0.39, 0.29) is 17.7 Å². The Morgan fingerprint density at radius 3 is 2.70 bits per heavy atom. The van der Waals surface area contributed by atoms with Crippen LogP contribution in [0.3, 0.4) is 0 Å². The van der Waals surface area contributed by atoms with Crippen molar-refractivity contribution in [1.29, 1.82) is 0 Å². The van der Waals surface area contributed by atoms with Crippen molar-refractivity contribution in [3.8, 4) is 0 Å². The molecule has 0 unspecified atom stereocenters. The highest BCUT2D eigenvalue weighted by atomic mass is 32.2. The maximum absolute atomic E-state index is 11.8. The fourth-order valence-corrected chi connectivity index (χ4v) is 3.17. The van der Waals surface area contributed by atoms with Crippen molar-refractivity contribution >= 4 is 23.6 Å². The van der Waals surface area contributed by atoms with E-state index < -0.39 is 5.97 Å². The average molecular weight is 294 g/mol. The molecule has 0 aromatic carbocycles. The number of hydrogen-bond donors (Lipinski definition) is 1. The summed E-state index contributed by atoms with van der Waals surface area (Å²) in [6, 6.07) is 3.62. The van der Waals surface area contributed by atoms with E-state index in [2.05, 4.69) is 4.98 Å². The number of nitrogens with zero attached hydrogens (tertiary/aromatic N) is 2. The van der Waals surface area contributed by atoms with Crippen LogP contribution < -0.4 is 0 Å². The fourth-order valence-electron chi connectivity index (χ4n) is 1.95. The summed E-state index contributed by atoms with van der Waals surface area (Å²) in [5, 5.41) is 8.89. The van der Waals surface area contributed by atoms with Crippen LogP contribution in [0, 0.1) is 5.41 Å². The van der Waals surface area contributed by atoms with Gasteiger partial charge >= 0.3 is 5.97 Å². The molecule has 0 atom stereocenters. The first kappa shape index (κ1) is 14.8. The molecule has 1 aliphatic rings. The highest BCUT2D eigenvalue weighted by molar-refractivity contribution is 7.99. The van der Waals surface area contributed by atoms with E-state index in [0.717, 1.165) is 23.5 Å². The average Bonchev–Trinajstić information content (AvgIpc) is 3.15. The molecule has 2 rings (SSSR count). The summed E-state index contributed by atoms with van der Waals surface area (Å²) < 4.78 is 0. The van der Waals surface area contributed by atoms with E-state index in [0.29, 0.717) is 5.69 Å². The Bertz CT molecular complexity index is 527. The highest BCUT2D eigenvalue weighted by Crippen LogP contribution is 2.51. The monoisotopic (exact) mass is 294 g/mol. The van der Waals surface area contributed by atoms with E-state index in [1.807, 2.05) is 6.07 Å². The second-order valence-electron chi connectivity index (χ2n) is 5.44. The van der Waals surface area contributed by atoms with Gasteiger partial charge in [0.25, 0.3) is 5.91 Å². The van der Waals surface area contributed by atoms with E-state index >= 15 is 0 Å². The molecule has 0 spiro atoms. The molecule has 20 heavy (non-hydrogen) atoms. The Hall–Kier alpha value is -1.56. The van der Waals surface area contributed by atoms with Gasteiger partial charge in [0.15, 0.2) is 0 Å². The van der Waals surface area contributed by atoms with Gasteiger partial charge in [-0.15, -0.1) is 11.8 Å². The number of aliphatic carboxylic acids is 1. The third-order valence-corrected chi connectivity index (χ3v) is 4.73. The molecule has 1 N–H and O–H groups in total. The Morgan fingerprint density at radius 1 is 1.45 bits per heavy atom. The molecular weight excluding hydrogens is 276 g/mol. The van der Waals surface area contributed by atoms with E-state index in [1.54, 1.807) is 38.1 Å². The Kier molecular flexibility index (Phi) is 4.32. The third kappa shape index (κ3) is 3.72. The summed E-state index contributed by atoms with van der Waals surface area (Å²) in [6.07, 6.45) is 3.80. The zero-order valence-corrected chi connectivity index (χ0v) is 12.4. The largest absolute Gasteiger partial charge is 0.481 e. The second-order valence-corrected chi connectivity index (χ2v) is 6.48. The summed E-state index contributed by atoms with van der Waals surface area (Å²) in [6.45, 7) is 0. The number of carboxylic acid groups (broad SMARTS) is 1. The van der Waals surface area contributed by atoms with Crippen LogP contribution in [0.25, 0.3) is 0 Å². The molecule has 1 aromatic heterocycles. The molecule has 0 aliphatic heterocycles. The third-order valence-electron chi connectivity index (χ3n) is 3.39. The molecule has 0 bridgehead atoms. The molecular formula is C14H18N2O3S. The molecule has 0 saturated heterocycles. The van der Waals surface area contributed by atoms with Crippen LogP contribution in [0.15, 0.2) is 23.2 Å². The van der Waals surface area contributed by atoms with E-state index in [9.17, 15) is 9.59 Å². The highest BCUT2D eigenvalue weighted by Gasteiger charge is 2.44. The smallest absolute Gasteiger partial charge is 0.303 e. The standard InChI is InChI=1S/C14H18N2O3S/c1-16(2)13(19)11-7-10(3-6-15-11)20-9-14(4-5-14)8-12(17)18/h3,6-7H,4-5,8-9H2,1-2H3,(H,17,18). The number of amides is 1. The molecule has 5 nitrogen and oxygen atoms in total. The first-order valence-electron chi connectivity index (χ1n) is 6.44. The van der Waals surface area contributed by atoms with Crippen LogP contribution in [0.2, 0.25) is 0 Å². The van der Waals surface area contributed by atoms with Crippen molar-refractivity contribution in [2.24, 2.45) is 5.41 Å². The Balaban J connectivity index is 1.99. The van der Waals surface area contributed by atoms with Gasteiger partial charge in [-0.05, 0) is 30.4 Å². The normalized spacial score (nSPS) is 15.7. The van der Waals surface area contributed by atoms with Crippen molar-refractivity contribution in [2.45, 2.75) is 24.2 Å². The van der Waals surface area contributed by atoms with Crippen molar-refractivity contribution in [1.82, 2.24) is 9.88 Å². The molecule has 1 amide bonds. The maximum Gasteiger partial charge on any atom is 0.303 e. The summed E-state index contributed by atoms with van der Waals surface area (Å²) >= 11 is 1.60. The number of pyridine rings is 1. The molecule has 6 heteroatoms. The predicted octanol–water partition coefficient (Wildman–Crippen LogP) is 2.13. The fraction of sp³-hybridized carbons (Fsp3) is 0.500. The number of carbonyl (C=O) groups is 2. The first-order chi connectivity index (χ1) is 9.42. The van der Waals surface area contributed by atoms with Gasteiger partial charge in [-0.3, -0.25) is 14.6 Å². The molecule has 0 radical (unpaired) electrons. The second kappa shape index (κ2) is 5.83. The first-order valence-corrected chi connectivity index (χ1v) is 7.43. The summed E-state index contributed by atoms with van der Waals surface area (Å²) in [5.74, 6) is -0.0840. The number of hydrogen-bond acceptors (Lipinski definition) is 4. The lowest BCUT2D eigenvalue weighted by molar-refractivity contribution is -0.138. The number of carbonyl (C=O) groups excluding carboxylic acids is 1. The number of rotatable bonds is 6. The molecule has 1 fully saturated rings. The zero-order valence-electron chi connectivity index (χ0n) is 11.6. The lowest BCUT2D eigenvalue weighted by atomic mass is 10.1. The minimum absolute atomic E-state index is 0.0501. The minimum atomic E-state index is -0.735. The summed E-state index contributed by atoms with van der Waals surface area (Å²) in [7, 11) is 3.38. The lowest BCUT2D eigenvalue weighted by Crippen LogP contribution is -2.22. The van der Waals surface area contributed by atoms with Gasteiger partial charge in [0.1, 0.15) is 5.69 Å². The van der Waals surface area contributed by atoms with E-state index in [1.165, 1.54) is 4.90 Å². The minimum Gasteiger partial charge on any atom is -0.481 e. The zero-order chi connectivity index (χ0) is 14.8. The van der Waals surface area contributed by atoms with E-state index in [4.69, 9.17) is 5.11 Å². The molecule has 1 aromatic rings. The molecule has 108 valence electrons. The summed E-state index contributed by atoms with van der Waals surface area (Å²) in [5.41, 5.74) is 0.369. The van der Waals surface area contributed by atoms with Crippen molar-refractivity contribution in [3.05, 3.63) is 24.0 Å². The van der Waals surface area contributed by atoms with Crippen LogP contribution in [0.1, 0.15) is 29.8 Å². The van der Waals surface area contributed by atoms with Crippen LogP contribution in [0.5, 0.6) is 0 Å². The van der Waals surface area contributed by atoms with Gasteiger partial charge in [0.05, 0.1) is 6.42 Å². The van der Waals surface area contributed by atoms with Gasteiger partial charge in [0.2, 0.25) is 0 Å². The number of aromatic nitrogens is 1. The van der Waals surface area contributed by atoms with Crippen LogP contribution >= 0.6 is 11.8 Å². The van der Waals surface area contributed by atoms with Crippen molar-refractivity contribution < 1.29 is 14.7 Å². The van der Waals surface area contributed by atoms with Gasteiger partial charge < -0.3 is 10.0 Å². The molecule has 1 aliphatic carbocycles. The molecule has 1 saturated carbocycles. The SMILES string of the molecule is CN(C)C(=O)c1cc(SCC2(CC(=O)O)CC2)ccn1. The van der Waals surface area contributed by atoms with Crippen molar-refractivity contribution in [2.75, 3.05) is 19.8 Å². The summed E-state index contributed by atoms with van der Waals surface area (Å²) in [4.78, 5) is 29.2. The quantitative estimate of drug-likeness (QED) is 0.814. The van der Waals surface area contributed by atoms with Gasteiger partial charge in [-0.25, -0.2) is 0 Å². The Morgan fingerprint density at radius 2 is 2.15 bits per heavy atom. The molecule has 1 heterocycles. The van der Waals surface area contributed by atoms with Gasteiger partial charge in [-0.2, -0.15) is 0 Å². The maximum atomic E-state index is 11.8. The number of carboxylic acids is 1. The van der Waals surface area contributed by atoms with Gasteiger partial charge in [0, 0.05) is 30.9 Å². The van der Waals surface area contributed by atoms with Crippen LogP contribution in [-0.4, -0.2) is 46.7 Å². The van der Waals surface area contributed by atoms with Crippen LogP contribution in [0.4, 0.5) is 0 Å². The Labute approximate surface area is 122 Å². The predicted molar refractivity (Wildman–Crippen MR) is 76.9 cm³/mol.